The van der Waals surface area contributed by atoms with Crippen molar-refractivity contribution >= 4 is 35.5 Å². The lowest BCUT2D eigenvalue weighted by atomic mass is 9.96. The number of halogens is 2. The number of carbonyl (C=O) groups excluding carboxylic acids is 4. The molecule has 0 saturated carbocycles. The van der Waals surface area contributed by atoms with Crippen LogP contribution in [0.3, 0.4) is 0 Å². The maximum atomic E-state index is 15.1. The van der Waals surface area contributed by atoms with E-state index in [9.17, 15) is 19.2 Å². The highest BCUT2D eigenvalue weighted by Gasteiger charge is 2.41. The summed E-state index contributed by atoms with van der Waals surface area (Å²) in [5, 5.41) is -0.802. The molecule has 0 aliphatic carbocycles. The van der Waals surface area contributed by atoms with Gasteiger partial charge in [0.25, 0.3) is 0 Å². The summed E-state index contributed by atoms with van der Waals surface area (Å²) in [7, 11) is 0. The first-order valence-electron chi connectivity index (χ1n) is 11.1. The second-order valence-corrected chi connectivity index (χ2v) is 8.93. The highest BCUT2D eigenvalue weighted by molar-refractivity contribution is 7.98. The second-order valence-electron chi connectivity index (χ2n) is 7.78. The Bertz CT molecular complexity index is 1110. The van der Waals surface area contributed by atoms with Crippen LogP contribution in [0.15, 0.2) is 42.5 Å². The fraction of sp³-hybridized carbons (Fsp3) is 0.360. The molecule has 0 amide bonds. The molecular formula is C25H25F2NO6S. The van der Waals surface area contributed by atoms with Crippen molar-refractivity contribution in [3.05, 3.63) is 70.8 Å². The Morgan fingerprint density at radius 2 is 1.57 bits per heavy atom. The van der Waals surface area contributed by atoms with Crippen LogP contribution < -0.4 is 0 Å². The van der Waals surface area contributed by atoms with Gasteiger partial charge in [-0.25, -0.2) is 13.1 Å². The number of ketones is 2. The molecule has 7 nitrogen and oxygen atoms in total. The van der Waals surface area contributed by atoms with Crippen LogP contribution in [-0.2, 0) is 35.2 Å². The Morgan fingerprint density at radius 1 is 0.971 bits per heavy atom. The Morgan fingerprint density at radius 3 is 2.14 bits per heavy atom. The minimum absolute atomic E-state index is 0.0592. The number of rotatable bonds is 8. The number of benzene rings is 2. The van der Waals surface area contributed by atoms with Gasteiger partial charge in [0.1, 0.15) is 16.9 Å². The van der Waals surface area contributed by atoms with Crippen molar-refractivity contribution in [1.82, 2.24) is 4.31 Å². The number of carbonyl (C=O) groups is 4. The van der Waals surface area contributed by atoms with E-state index in [1.54, 1.807) is 30.3 Å². The molecule has 186 valence electrons. The summed E-state index contributed by atoms with van der Waals surface area (Å²) < 4.78 is 41.4. The van der Waals surface area contributed by atoms with E-state index >= 15 is 8.78 Å². The third kappa shape index (κ3) is 5.76. The lowest BCUT2D eigenvalue weighted by molar-refractivity contribution is -0.157. The largest absolute Gasteiger partial charge is 0.465 e. The maximum Gasteiger partial charge on any atom is 0.325 e. The normalized spacial score (nSPS) is 18.6. The highest BCUT2D eigenvalue weighted by atomic mass is 32.2. The zero-order chi connectivity index (χ0) is 25.7. The van der Waals surface area contributed by atoms with Gasteiger partial charge in [0.05, 0.1) is 19.3 Å². The topological polar surface area (TPSA) is 90.0 Å². The van der Waals surface area contributed by atoms with Gasteiger partial charge in [-0.3, -0.25) is 19.2 Å². The summed E-state index contributed by atoms with van der Waals surface area (Å²) in [5.41, 5.74) is 0.0170. The molecule has 0 unspecified atom stereocenters. The number of ether oxygens (including phenoxy) is 2. The van der Waals surface area contributed by atoms with Gasteiger partial charge >= 0.3 is 11.9 Å². The molecule has 0 radical (unpaired) electrons. The van der Waals surface area contributed by atoms with Crippen molar-refractivity contribution in [2.45, 2.75) is 44.5 Å². The number of nitrogens with zero attached hydrogens (tertiary/aromatic N) is 1. The lowest BCUT2D eigenvalue weighted by Crippen LogP contribution is -2.45. The van der Waals surface area contributed by atoms with Crippen LogP contribution in [0.25, 0.3) is 0 Å². The molecule has 1 fully saturated rings. The van der Waals surface area contributed by atoms with Gasteiger partial charge < -0.3 is 9.47 Å². The molecule has 2 atom stereocenters. The third-order valence-corrected chi connectivity index (χ3v) is 6.90. The number of hydrogen-bond acceptors (Lipinski definition) is 8. The summed E-state index contributed by atoms with van der Waals surface area (Å²) in [5.74, 6) is -6.93. The summed E-state index contributed by atoms with van der Waals surface area (Å²) in [6.07, 6.45) is 0. The molecule has 0 N–H and O–H groups in total. The zero-order valence-corrected chi connectivity index (χ0v) is 20.3. The monoisotopic (exact) mass is 505 g/mol. The lowest BCUT2D eigenvalue weighted by Gasteiger charge is -2.35. The van der Waals surface area contributed by atoms with Gasteiger partial charge in [0.15, 0.2) is 5.92 Å². The Labute approximate surface area is 205 Å². The summed E-state index contributed by atoms with van der Waals surface area (Å²) in [6, 6.07) is 9.49. The molecule has 1 aliphatic heterocycles. The van der Waals surface area contributed by atoms with Gasteiger partial charge in [-0.2, -0.15) is 0 Å². The van der Waals surface area contributed by atoms with E-state index in [4.69, 9.17) is 9.47 Å². The van der Waals surface area contributed by atoms with Crippen LogP contribution in [0.5, 0.6) is 0 Å². The van der Waals surface area contributed by atoms with Gasteiger partial charge in [-0.15, -0.1) is 0 Å². The molecule has 1 saturated heterocycles. The van der Waals surface area contributed by atoms with Crippen molar-refractivity contribution < 1.29 is 37.4 Å². The van der Waals surface area contributed by atoms with Crippen LogP contribution in [0.4, 0.5) is 8.78 Å². The number of esters is 2. The van der Waals surface area contributed by atoms with E-state index in [-0.39, 0.29) is 25.3 Å². The van der Waals surface area contributed by atoms with Gasteiger partial charge in [-0.05, 0) is 38.5 Å². The first-order valence-corrected chi connectivity index (χ1v) is 11.9. The fourth-order valence-corrected chi connectivity index (χ4v) is 4.92. The molecule has 35 heavy (non-hydrogen) atoms. The average molecular weight is 506 g/mol. The molecule has 0 bridgehead atoms. The minimum Gasteiger partial charge on any atom is -0.465 e. The number of Topliss-reactive ketones (excluding diaryl/α,β-unsaturated/α-hetero) is 2. The van der Waals surface area contributed by atoms with E-state index in [2.05, 4.69) is 0 Å². The van der Waals surface area contributed by atoms with Gasteiger partial charge in [0.2, 0.25) is 11.6 Å². The predicted molar refractivity (Wildman–Crippen MR) is 124 cm³/mol. The molecule has 2 aromatic rings. The van der Waals surface area contributed by atoms with Crippen LogP contribution in [0, 0.1) is 11.6 Å². The molecule has 1 aliphatic rings. The van der Waals surface area contributed by atoms with E-state index in [1.165, 1.54) is 25.1 Å². The SMILES string of the molecule is CCOC(=O)C(C(=O)OCC)c1cc(F)c(CN2S[C@H](c3ccccc3)C(=O)C(=O)[C@@H]2C)cc1F. The zero-order valence-electron chi connectivity index (χ0n) is 19.5. The number of hydrogen-bond donors (Lipinski definition) is 0. The van der Waals surface area contributed by atoms with Crippen LogP contribution in [-0.4, -0.2) is 47.1 Å². The Kier molecular flexibility index (Phi) is 8.74. The fourth-order valence-electron chi connectivity index (χ4n) is 3.67. The molecule has 2 aromatic carbocycles. The van der Waals surface area contributed by atoms with E-state index in [0.29, 0.717) is 5.56 Å². The molecule has 3 rings (SSSR count). The summed E-state index contributed by atoms with van der Waals surface area (Å²) in [6.45, 7) is 4.25. The first-order chi connectivity index (χ1) is 16.7. The van der Waals surface area contributed by atoms with E-state index < -0.39 is 57.9 Å². The van der Waals surface area contributed by atoms with Gasteiger partial charge in [0, 0.05) is 17.7 Å². The molecule has 0 spiro atoms. The van der Waals surface area contributed by atoms with E-state index in [1.807, 2.05) is 0 Å². The average Bonchev–Trinajstić information content (AvgIpc) is 2.83. The van der Waals surface area contributed by atoms with Crippen LogP contribution >= 0.6 is 11.9 Å². The van der Waals surface area contributed by atoms with Crippen molar-refractivity contribution in [3.8, 4) is 0 Å². The first kappa shape index (κ1) is 26.5. The Balaban J connectivity index is 1.91. The molecule has 0 aromatic heterocycles. The van der Waals surface area contributed by atoms with Crippen molar-refractivity contribution in [1.29, 1.82) is 0 Å². The van der Waals surface area contributed by atoms with Crippen LogP contribution in [0.2, 0.25) is 0 Å². The molecular weight excluding hydrogens is 480 g/mol. The van der Waals surface area contributed by atoms with E-state index in [0.717, 1.165) is 24.1 Å². The Hall–Kier alpha value is -3.11. The highest BCUT2D eigenvalue weighted by Crippen LogP contribution is 2.40. The maximum absolute atomic E-state index is 15.1. The molecule has 10 heteroatoms. The summed E-state index contributed by atoms with van der Waals surface area (Å²) in [4.78, 5) is 49.8. The van der Waals surface area contributed by atoms with Crippen molar-refractivity contribution in [3.63, 3.8) is 0 Å². The third-order valence-electron chi connectivity index (χ3n) is 5.48. The van der Waals surface area contributed by atoms with Crippen molar-refractivity contribution in [2.75, 3.05) is 13.2 Å². The predicted octanol–water partition coefficient (Wildman–Crippen LogP) is 3.91. The van der Waals surface area contributed by atoms with Crippen molar-refractivity contribution in [2.24, 2.45) is 0 Å². The standard InChI is InChI=1S/C25H25F2NO6S/c1-4-33-24(31)20(25(32)34-5-2)17-12-18(26)16(11-19(17)27)13-28-14(3)21(29)22(30)23(35-28)15-9-7-6-8-10-15/h6-12,14,20,23H,4-5,13H2,1-3H3/t14-,23+/m0/s1. The quantitative estimate of drug-likeness (QED) is 0.231. The van der Waals surface area contributed by atoms with Gasteiger partial charge in [-0.1, -0.05) is 42.3 Å². The second kappa shape index (κ2) is 11.5. The molecule has 1 heterocycles. The van der Waals surface area contributed by atoms with Crippen LogP contribution in [0.1, 0.15) is 48.6 Å². The smallest absolute Gasteiger partial charge is 0.325 e. The minimum atomic E-state index is -1.77. The summed E-state index contributed by atoms with van der Waals surface area (Å²) >= 11 is 1.07.